The summed E-state index contributed by atoms with van der Waals surface area (Å²) in [5, 5.41) is 2.79. The molecule has 3 aromatic rings. The summed E-state index contributed by atoms with van der Waals surface area (Å²) in [6.45, 7) is -0.00938. The topological polar surface area (TPSA) is 94.6 Å². The number of ether oxygens (including phenoxy) is 1. The normalized spacial score (nSPS) is 12.3. The maximum Gasteiger partial charge on any atom is 0.452 e. The van der Waals surface area contributed by atoms with Gasteiger partial charge in [-0.2, -0.15) is 13.2 Å². The minimum atomic E-state index is -4.70. The Hall–Kier alpha value is -2.79. The van der Waals surface area contributed by atoms with E-state index in [1.807, 2.05) is 0 Å². The highest BCUT2D eigenvalue weighted by Crippen LogP contribution is 2.33. The number of methoxy groups -OCH3 is 1. The molecule has 0 bridgehead atoms. The zero-order valence-corrected chi connectivity index (χ0v) is 14.6. The van der Waals surface area contributed by atoms with Crippen LogP contribution in [0, 0.1) is 0 Å². The smallest absolute Gasteiger partial charge is 0.452 e. The number of hydrogen-bond acceptors (Lipinski definition) is 6. The first-order valence-electron chi connectivity index (χ1n) is 7.46. The minimum Gasteiger partial charge on any atom is -0.497 e. The second kappa shape index (κ2) is 7.08. The standard InChI is InChI=1S/C16H13F3N2O5S/c1-24-11-4-2-10(3-5-11)9-20-27(22,23)15-7-6-13(25-15)12-8-14(26-21-12)16(17,18)19/h2-8,20H,9H2,1H3. The Morgan fingerprint density at radius 1 is 1.15 bits per heavy atom. The molecule has 0 atom stereocenters. The number of nitrogens with zero attached hydrogens (tertiary/aromatic N) is 1. The van der Waals surface area contributed by atoms with Crippen molar-refractivity contribution in [2.75, 3.05) is 7.11 Å². The SMILES string of the molecule is COc1ccc(CNS(=O)(=O)c2ccc(-c3cc(C(F)(F)F)on3)o2)cc1. The van der Waals surface area contributed by atoms with Gasteiger partial charge < -0.3 is 13.7 Å². The molecule has 3 rings (SSSR count). The van der Waals surface area contributed by atoms with E-state index < -0.39 is 27.1 Å². The number of alkyl halides is 3. The molecule has 0 saturated heterocycles. The first-order chi connectivity index (χ1) is 12.7. The fourth-order valence-corrected chi connectivity index (χ4v) is 3.07. The molecule has 0 fully saturated rings. The summed E-state index contributed by atoms with van der Waals surface area (Å²) in [4.78, 5) is 0. The van der Waals surface area contributed by atoms with E-state index in [1.54, 1.807) is 24.3 Å². The lowest BCUT2D eigenvalue weighted by atomic mass is 10.2. The molecule has 0 amide bonds. The van der Waals surface area contributed by atoms with Crippen molar-refractivity contribution in [3.8, 4) is 17.2 Å². The summed E-state index contributed by atoms with van der Waals surface area (Å²) in [5.41, 5.74) is 0.413. The molecule has 2 heterocycles. The predicted molar refractivity (Wildman–Crippen MR) is 86.2 cm³/mol. The largest absolute Gasteiger partial charge is 0.497 e. The van der Waals surface area contributed by atoms with Gasteiger partial charge in [0.15, 0.2) is 5.76 Å². The van der Waals surface area contributed by atoms with Gasteiger partial charge in [0.2, 0.25) is 10.9 Å². The van der Waals surface area contributed by atoms with Gasteiger partial charge in [-0.15, -0.1) is 0 Å². The summed E-state index contributed by atoms with van der Waals surface area (Å²) in [5.74, 6) is -0.849. The lowest BCUT2D eigenvalue weighted by Gasteiger charge is -2.05. The summed E-state index contributed by atoms with van der Waals surface area (Å²) in [7, 11) is -2.50. The number of hydrogen-bond donors (Lipinski definition) is 1. The van der Waals surface area contributed by atoms with Crippen LogP contribution in [-0.4, -0.2) is 20.7 Å². The Balaban J connectivity index is 1.73. The van der Waals surface area contributed by atoms with Crippen molar-refractivity contribution in [2.24, 2.45) is 0 Å². The molecule has 0 unspecified atom stereocenters. The van der Waals surface area contributed by atoms with Gasteiger partial charge in [0, 0.05) is 12.6 Å². The third-order valence-corrected chi connectivity index (χ3v) is 4.79. The highest BCUT2D eigenvalue weighted by molar-refractivity contribution is 7.89. The van der Waals surface area contributed by atoms with Crippen molar-refractivity contribution in [3.05, 3.63) is 53.8 Å². The first kappa shape index (κ1) is 19.0. The molecule has 0 aliphatic heterocycles. The van der Waals surface area contributed by atoms with Gasteiger partial charge in [-0.25, -0.2) is 13.1 Å². The number of furan rings is 1. The van der Waals surface area contributed by atoms with Crippen LogP contribution in [-0.2, 0) is 22.7 Å². The highest BCUT2D eigenvalue weighted by atomic mass is 32.2. The van der Waals surface area contributed by atoms with Gasteiger partial charge in [0.25, 0.3) is 10.0 Å². The van der Waals surface area contributed by atoms with E-state index >= 15 is 0 Å². The van der Waals surface area contributed by atoms with Gasteiger partial charge >= 0.3 is 6.18 Å². The quantitative estimate of drug-likeness (QED) is 0.679. The van der Waals surface area contributed by atoms with Crippen LogP contribution >= 0.6 is 0 Å². The number of aromatic nitrogens is 1. The molecule has 2 aromatic heterocycles. The van der Waals surface area contributed by atoms with Crippen LogP contribution in [0.25, 0.3) is 11.5 Å². The molecule has 1 aromatic carbocycles. The second-order valence-corrected chi connectivity index (χ2v) is 7.06. The summed E-state index contributed by atoms with van der Waals surface area (Å²) < 4.78 is 78.9. The molecule has 0 aliphatic rings. The van der Waals surface area contributed by atoms with Crippen LogP contribution in [0.2, 0.25) is 0 Å². The average Bonchev–Trinajstić information content (AvgIpc) is 3.29. The Morgan fingerprint density at radius 3 is 2.44 bits per heavy atom. The van der Waals surface area contributed by atoms with Crippen LogP contribution in [0.15, 0.2) is 56.5 Å². The first-order valence-corrected chi connectivity index (χ1v) is 8.94. The van der Waals surface area contributed by atoms with Crippen molar-refractivity contribution in [1.82, 2.24) is 9.88 Å². The lowest BCUT2D eigenvalue weighted by molar-refractivity contribution is -0.155. The zero-order valence-electron chi connectivity index (χ0n) is 13.8. The van der Waals surface area contributed by atoms with Crippen molar-refractivity contribution in [1.29, 1.82) is 0 Å². The van der Waals surface area contributed by atoms with Gasteiger partial charge in [-0.05, 0) is 29.8 Å². The van der Waals surface area contributed by atoms with E-state index in [9.17, 15) is 21.6 Å². The number of halogens is 3. The van der Waals surface area contributed by atoms with E-state index in [0.29, 0.717) is 17.4 Å². The lowest BCUT2D eigenvalue weighted by Crippen LogP contribution is -2.22. The van der Waals surface area contributed by atoms with Crippen LogP contribution < -0.4 is 9.46 Å². The Labute approximate surface area is 151 Å². The Kier molecular flexibility index (Phi) is 4.98. The van der Waals surface area contributed by atoms with Crippen molar-refractivity contribution < 1.29 is 35.3 Å². The van der Waals surface area contributed by atoms with Gasteiger partial charge in [0.05, 0.1) is 7.11 Å². The van der Waals surface area contributed by atoms with Crippen molar-refractivity contribution in [2.45, 2.75) is 17.8 Å². The average molecular weight is 402 g/mol. The summed E-state index contributed by atoms with van der Waals surface area (Å²) >= 11 is 0. The van der Waals surface area contributed by atoms with Crippen LogP contribution in [0.3, 0.4) is 0 Å². The molecule has 0 radical (unpaired) electrons. The van der Waals surface area contributed by atoms with E-state index in [-0.39, 0.29) is 18.0 Å². The van der Waals surface area contributed by atoms with E-state index in [0.717, 1.165) is 6.07 Å². The molecule has 0 saturated carbocycles. The molecular weight excluding hydrogens is 389 g/mol. The molecule has 0 aliphatic carbocycles. The fraction of sp³-hybridized carbons (Fsp3) is 0.188. The van der Waals surface area contributed by atoms with Crippen molar-refractivity contribution in [3.63, 3.8) is 0 Å². The van der Waals surface area contributed by atoms with E-state index in [2.05, 4.69) is 14.4 Å². The van der Waals surface area contributed by atoms with Crippen molar-refractivity contribution >= 4 is 10.0 Å². The number of sulfonamides is 1. The number of benzene rings is 1. The maximum atomic E-state index is 12.5. The van der Waals surface area contributed by atoms with E-state index in [1.165, 1.54) is 13.2 Å². The maximum absolute atomic E-state index is 12.5. The number of rotatable bonds is 6. The molecule has 144 valence electrons. The summed E-state index contributed by atoms with van der Waals surface area (Å²) in [6, 6.07) is 9.66. The number of nitrogens with one attached hydrogen (secondary N) is 1. The Morgan fingerprint density at radius 2 is 1.85 bits per heavy atom. The highest BCUT2D eigenvalue weighted by Gasteiger charge is 2.36. The fourth-order valence-electron chi connectivity index (χ4n) is 2.12. The minimum absolute atomic E-state index is 0.00938. The summed E-state index contributed by atoms with van der Waals surface area (Å²) in [6.07, 6.45) is -4.70. The van der Waals surface area contributed by atoms with Crippen LogP contribution in [0.4, 0.5) is 13.2 Å². The second-order valence-electron chi connectivity index (χ2n) is 5.37. The van der Waals surface area contributed by atoms with Gasteiger partial charge in [0.1, 0.15) is 11.4 Å². The van der Waals surface area contributed by atoms with Crippen LogP contribution in [0.1, 0.15) is 11.3 Å². The molecule has 27 heavy (non-hydrogen) atoms. The van der Waals surface area contributed by atoms with Gasteiger partial charge in [-0.1, -0.05) is 17.3 Å². The predicted octanol–water partition coefficient (Wildman–Crippen LogP) is 3.44. The Bertz CT molecular complexity index is 1020. The molecular formula is C16H13F3N2O5S. The molecule has 11 heteroatoms. The van der Waals surface area contributed by atoms with Crippen LogP contribution in [0.5, 0.6) is 5.75 Å². The molecule has 1 N–H and O–H groups in total. The molecule has 7 nitrogen and oxygen atoms in total. The monoisotopic (exact) mass is 402 g/mol. The third kappa shape index (κ3) is 4.31. The van der Waals surface area contributed by atoms with Gasteiger partial charge in [-0.3, -0.25) is 0 Å². The zero-order chi connectivity index (χ0) is 19.7. The molecule has 0 spiro atoms. The van der Waals surface area contributed by atoms with E-state index in [4.69, 9.17) is 9.15 Å². The third-order valence-electron chi connectivity index (χ3n) is 3.51.